The molecule has 0 unspecified atom stereocenters. The molecular weight excluding hydrogens is 436 g/mol. The molecule has 0 fully saturated rings. The van der Waals surface area contributed by atoms with Crippen molar-refractivity contribution < 1.29 is 4.42 Å². The Balaban J connectivity index is 1.72. The molecule has 0 atom stereocenters. The Bertz CT molecular complexity index is 1860. The predicted octanol–water partition coefficient (Wildman–Crippen LogP) is 9.88. The first-order valence-corrected chi connectivity index (χ1v) is 11.8. The van der Waals surface area contributed by atoms with Crippen LogP contribution in [0.1, 0.15) is 0 Å². The Kier molecular flexibility index (Phi) is 4.27. The highest BCUT2D eigenvalue weighted by Gasteiger charge is 2.20. The topological polar surface area (TPSA) is 13.1 Å². The minimum Gasteiger partial charge on any atom is -0.456 e. The molecule has 7 rings (SSSR count). The molecule has 0 aliphatic heterocycles. The first kappa shape index (κ1) is 19.4. The highest BCUT2D eigenvalue weighted by atomic mass is 35.5. The molecule has 0 saturated carbocycles. The van der Waals surface area contributed by atoms with Gasteiger partial charge in [0.2, 0.25) is 0 Å². The normalized spacial score (nSPS) is 11.7. The lowest BCUT2D eigenvalue weighted by Crippen LogP contribution is -1.91. The van der Waals surface area contributed by atoms with E-state index in [0.717, 1.165) is 32.3 Å². The van der Waals surface area contributed by atoms with Crippen LogP contribution in [-0.2, 0) is 0 Å². The number of hydrogen-bond donors (Lipinski definition) is 0. The summed E-state index contributed by atoms with van der Waals surface area (Å²) in [5, 5.41) is 7.77. The van der Waals surface area contributed by atoms with Crippen LogP contribution in [0, 0.1) is 0 Å². The van der Waals surface area contributed by atoms with Gasteiger partial charge in [-0.3, -0.25) is 0 Å². The Morgan fingerprint density at radius 1 is 0.471 bits per heavy atom. The third-order valence-corrected chi connectivity index (χ3v) is 6.96. The molecule has 1 heterocycles. The number of halogens is 1. The third-order valence-electron chi connectivity index (χ3n) is 6.72. The average molecular weight is 455 g/mol. The zero-order valence-corrected chi connectivity index (χ0v) is 19.0. The van der Waals surface area contributed by atoms with Crippen molar-refractivity contribution in [1.82, 2.24) is 0 Å². The highest BCUT2D eigenvalue weighted by molar-refractivity contribution is 6.33. The van der Waals surface area contributed by atoms with Crippen LogP contribution < -0.4 is 0 Å². The van der Waals surface area contributed by atoms with Crippen molar-refractivity contribution in [1.29, 1.82) is 0 Å². The second kappa shape index (κ2) is 7.48. The molecule has 0 spiro atoms. The van der Waals surface area contributed by atoms with Crippen molar-refractivity contribution in [3.8, 4) is 22.3 Å². The van der Waals surface area contributed by atoms with Crippen LogP contribution in [0.4, 0.5) is 0 Å². The minimum atomic E-state index is 0.734. The number of fused-ring (bicyclic) bond motifs is 5. The quantitative estimate of drug-likeness (QED) is 0.237. The molecule has 34 heavy (non-hydrogen) atoms. The molecule has 160 valence electrons. The number of benzene rings is 6. The molecule has 6 aromatic carbocycles. The Morgan fingerprint density at radius 2 is 1.12 bits per heavy atom. The van der Waals surface area contributed by atoms with Crippen molar-refractivity contribution in [2.24, 2.45) is 0 Å². The van der Waals surface area contributed by atoms with Gasteiger partial charge in [0.1, 0.15) is 11.2 Å². The van der Waals surface area contributed by atoms with Crippen molar-refractivity contribution in [3.05, 3.63) is 120 Å². The van der Waals surface area contributed by atoms with E-state index >= 15 is 0 Å². The summed E-state index contributed by atoms with van der Waals surface area (Å²) >= 11 is 6.57. The molecule has 0 aliphatic carbocycles. The summed E-state index contributed by atoms with van der Waals surface area (Å²) < 4.78 is 6.23. The van der Waals surface area contributed by atoms with E-state index in [1.54, 1.807) is 0 Å². The number of furan rings is 1. The standard InChI is InChI=1S/C32H19ClO/c33-21-17-18-24-27(19-21)30(20-9-2-1-3-10-20)22-11-4-5-12-23(22)31(24)26-14-8-16-29-32(26)25-13-6-7-15-28(25)34-29/h1-19H. The third kappa shape index (κ3) is 2.81. The lowest BCUT2D eigenvalue weighted by molar-refractivity contribution is 0.669. The van der Waals surface area contributed by atoms with Crippen molar-refractivity contribution in [3.63, 3.8) is 0 Å². The zero-order valence-electron chi connectivity index (χ0n) is 18.3. The molecule has 0 radical (unpaired) electrons. The molecule has 0 amide bonds. The number of rotatable bonds is 2. The van der Waals surface area contributed by atoms with Gasteiger partial charge in [-0.25, -0.2) is 0 Å². The van der Waals surface area contributed by atoms with Gasteiger partial charge in [-0.15, -0.1) is 0 Å². The lowest BCUT2D eigenvalue weighted by atomic mass is 9.85. The van der Waals surface area contributed by atoms with E-state index in [1.165, 1.54) is 38.4 Å². The molecule has 1 nitrogen and oxygen atoms in total. The summed E-state index contributed by atoms with van der Waals surface area (Å²) in [6.45, 7) is 0. The van der Waals surface area contributed by atoms with E-state index in [0.29, 0.717) is 0 Å². The van der Waals surface area contributed by atoms with Gasteiger partial charge in [0, 0.05) is 15.8 Å². The van der Waals surface area contributed by atoms with Gasteiger partial charge < -0.3 is 4.42 Å². The van der Waals surface area contributed by atoms with E-state index in [2.05, 4.69) is 97.1 Å². The van der Waals surface area contributed by atoms with Gasteiger partial charge in [0.05, 0.1) is 0 Å². The minimum absolute atomic E-state index is 0.734. The number of hydrogen-bond acceptors (Lipinski definition) is 1. The fourth-order valence-electron chi connectivity index (χ4n) is 5.34. The van der Waals surface area contributed by atoms with Gasteiger partial charge in [0.25, 0.3) is 0 Å². The Labute approximate surface area is 201 Å². The zero-order chi connectivity index (χ0) is 22.6. The molecular formula is C32H19ClO. The summed E-state index contributed by atoms with van der Waals surface area (Å²) in [5.74, 6) is 0. The molecule has 0 bridgehead atoms. The maximum Gasteiger partial charge on any atom is 0.136 e. The summed E-state index contributed by atoms with van der Waals surface area (Å²) in [4.78, 5) is 0. The summed E-state index contributed by atoms with van der Waals surface area (Å²) in [5.41, 5.74) is 6.58. The lowest BCUT2D eigenvalue weighted by Gasteiger charge is -2.18. The molecule has 2 heteroatoms. The van der Waals surface area contributed by atoms with Crippen LogP contribution in [-0.4, -0.2) is 0 Å². The fourth-order valence-corrected chi connectivity index (χ4v) is 5.51. The van der Waals surface area contributed by atoms with Gasteiger partial charge in [-0.1, -0.05) is 103 Å². The smallest absolute Gasteiger partial charge is 0.136 e. The highest BCUT2D eigenvalue weighted by Crippen LogP contribution is 2.47. The molecule has 7 aromatic rings. The van der Waals surface area contributed by atoms with Crippen LogP contribution >= 0.6 is 11.6 Å². The van der Waals surface area contributed by atoms with Crippen molar-refractivity contribution in [2.45, 2.75) is 0 Å². The van der Waals surface area contributed by atoms with E-state index in [-0.39, 0.29) is 0 Å². The van der Waals surface area contributed by atoms with Crippen molar-refractivity contribution >= 4 is 55.1 Å². The molecule has 0 N–H and O–H groups in total. The summed E-state index contributed by atoms with van der Waals surface area (Å²) in [6.07, 6.45) is 0. The second-order valence-corrected chi connectivity index (χ2v) is 9.06. The van der Waals surface area contributed by atoms with Gasteiger partial charge in [0.15, 0.2) is 0 Å². The Hall–Kier alpha value is -4.07. The second-order valence-electron chi connectivity index (χ2n) is 8.63. The van der Waals surface area contributed by atoms with Crippen molar-refractivity contribution in [2.75, 3.05) is 0 Å². The van der Waals surface area contributed by atoms with Crippen LogP contribution in [0.5, 0.6) is 0 Å². The molecule has 0 aliphatic rings. The van der Waals surface area contributed by atoms with E-state index < -0.39 is 0 Å². The van der Waals surface area contributed by atoms with E-state index in [4.69, 9.17) is 16.0 Å². The van der Waals surface area contributed by atoms with Crippen LogP contribution in [0.3, 0.4) is 0 Å². The van der Waals surface area contributed by atoms with Gasteiger partial charge >= 0.3 is 0 Å². The van der Waals surface area contributed by atoms with E-state index in [1.807, 2.05) is 18.2 Å². The maximum atomic E-state index is 6.57. The fraction of sp³-hybridized carbons (Fsp3) is 0. The van der Waals surface area contributed by atoms with Gasteiger partial charge in [-0.2, -0.15) is 0 Å². The molecule has 0 saturated heterocycles. The average Bonchev–Trinajstić information content (AvgIpc) is 3.27. The van der Waals surface area contributed by atoms with Crippen LogP contribution in [0.15, 0.2) is 120 Å². The van der Waals surface area contributed by atoms with Crippen LogP contribution in [0.25, 0.3) is 65.7 Å². The summed E-state index contributed by atoms with van der Waals surface area (Å²) in [6, 6.07) is 40.1. The van der Waals surface area contributed by atoms with E-state index in [9.17, 15) is 0 Å². The first-order chi connectivity index (χ1) is 16.8. The Morgan fingerprint density at radius 3 is 1.94 bits per heavy atom. The van der Waals surface area contributed by atoms with Crippen LogP contribution in [0.2, 0.25) is 5.02 Å². The molecule has 1 aromatic heterocycles. The maximum absolute atomic E-state index is 6.57. The van der Waals surface area contributed by atoms with Gasteiger partial charge in [-0.05, 0) is 68.1 Å². The summed E-state index contributed by atoms with van der Waals surface area (Å²) in [7, 11) is 0. The predicted molar refractivity (Wildman–Crippen MR) is 145 cm³/mol. The monoisotopic (exact) mass is 454 g/mol. The SMILES string of the molecule is Clc1ccc2c(-c3cccc4oc5ccccc5c34)c3ccccc3c(-c3ccccc3)c2c1. The first-order valence-electron chi connectivity index (χ1n) is 11.4. The largest absolute Gasteiger partial charge is 0.456 e. The number of para-hydroxylation sites is 1.